The van der Waals surface area contributed by atoms with Gasteiger partial charge in [0.1, 0.15) is 0 Å². The lowest BCUT2D eigenvalue weighted by Gasteiger charge is -2.06. The Morgan fingerprint density at radius 3 is 2.78 bits per heavy atom. The fourth-order valence-corrected chi connectivity index (χ4v) is 1.76. The first-order valence-electron chi connectivity index (χ1n) is 5.77. The minimum Gasteiger partial charge on any atom is -0.481 e. The molecular weight excluding hydrogens is 228 g/mol. The number of nitrogens with zero attached hydrogens (tertiary/aromatic N) is 2. The molecule has 1 aromatic heterocycles. The second-order valence-electron chi connectivity index (χ2n) is 4.23. The number of aryl methyl sites for hydroxylation is 2. The number of benzene rings is 1. The number of anilines is 2. The van der Waals surface area contributed by atoms with Crippen LogP contribution in [0.25, 0.3) is 0 Å². The summed E-state index contributed by atoms with van der Waals surface area (Å²) in [6.45, 7) is 2.64. The molecule has 0 fully saturated rings. The number of hydrogen-bond acceptors (Lipinski definition) is 4. The SMILES string of the molecule is COc1cc(CNc2ccc(N)c(C)c2)nn1C. The van der Waals surface area contributed by atoms with Crippen molar-refractivity contribution >= 4 is 11.4 Å². The molecule has 5 nitrogen and oxygen atoms in total. The summed E-state index contributed by atoms with van der Waals surface area (Å²) >= 11 is 0. The van der Waals surface area contributed by atoms with Gasteiger partial charge in [-0.1, -0.05) is 0 Å². The van der Waals surface area contributed by atoms with E-state index in [1.165, 1.54) is 0 Å². The molecule has 96 valence electrons. The fraction of sp³-hybridized carbons (Fsp3) is 0.308. The number of hydrogen-bond donors (Lipinski definition) is 2. The van der Waals surface area contributed by atoms with E-state index in [4.69, 9.17) is 10.5 Å². The summed E-state index contributed by atoms with van der Waals surface area (Å²) in [5.41, 5.74) is 9.62. The Morgan fingerprint density at radius 1 is 1.39 bits per heavy atom. The summed E-state index contributed by atoms with van der Waals surface area (Å²) in [7, 11) is 3.49. The highest BCUT2D eigenvalue weighted by Gasteiger charge is 2.04. The summed E-state index contributed by atoms with van der Waals surface area (Å²) in [5, 5.41) is 7.65. The Balaban J connectivity index is 2.04. The van der Waals surface area contributed by atoms with Crippen LogP contribution in [-0.4, -0.2) is 16.9 Å². The number of ether oxygens (including phenoxy) is 1. The van der Waals surface area contributed by atoms with E-state index in [2.05, 4.69) is 10.4 Å². The van der Waals surface area contributed by atoms with Gasteiger partial charge in [0.2, 0.25) is 5.88 Å². The molecule has 0 aliphatic carbocycles. The van der Waals surface area contributed by atoms with E-state index < -0.39 is 0 Å². The predicted molar refractivity (Wildman–Crippen MR) is 72.7 cm³/mol. The quantitative estimate of drug-likeness (QED) is 0.809. The van der Waals surface area contributed by atoms with Crippen molar-refractivity contribution in [3.8, 4) is 5.88 Å². The van der Waals surface area contributed by atoms with Gasteiger partial charge in [-0.15, -0.1) is 0 Å². The third kappa shape index (κ3) is 2.56. The van der Waals surface area contributed by atoms with Crippen molar-refractivity contribution in [3.05, 3.63) is 35.5 Å². The van der Waals surface area contributed by atoms with E-state index in [0.717, 1.165) is 28.5 Å². The van der Waals surface area contributed by atoms with Crippen LogP contribution in [-0.2, 0) is 13.6 Å². The molecule has 0 bridgehead atoms. The first kappa shape index (κ1) is 12.3. The number of nitrogens with one attached hydrogen (secondary N) is 1. The van der Waals surface area contributed by atoms with Gasteiger partial charge < -0.3 is 15.8 Å². The van der Waals surface area contributed by atoms with Gasteiger partial charge in [0.05, 0.1) is 19.3 Å². The maximum atomic E-state index is 5.78. The van der Waals surface area contributed by atoms with Gasteiger partial charge in [-0.3, -0.25) is 0 Å². The van der Waals surface area contributed by atoms with Crippen molar-refractivity contribution in [1.29, 1.82) is 0 Å². The summed E-state index contributed by atoms with van der Waals surface area (Å²) in [4.78, 5) is 0. The third-order valence-corrected chi connectivity index (χ3v) is 2.84. The maximum absolute atomic E-state index is 5.78. The average Bonchev–Trinajstić information content (AvgIpc) is 2.71. The number of rotatable bonds is 4. The van der Waals surface area contributed by atoms with E-state index in [1.807, 2.05) is 38.2 Å². The smallest absolute Gasteiger partial charge is 0.211 e. The van der Waals surface area contributed by atoms with Crippen LogP contribution < -0.4 is 15.8 Å². The zero-order valence-corrected chi connectivity index (χ0v) is 10.9. The minimum absolute atomic E-state index is 0.653. The van der Waals surface area contributed by atoms with Crippen LogP contribution in [0.5, 0.6) is 5.88 Å². The van der Waals surface area contributed by atoms with Gasteiger partial charge in [-0.25, -0.2) is 4.68 Å². The van der Waals surface area contributed by atoms with E-state index in [0.29, 0.717) is 6.54 Å². The van der Waals surface area contributed by atoms with Crippen LogP contribution in [0.1, 0.15) is 11.3 Å². The molecule has 1 aromatic carbocycles. The Labute approximate surface area is 107 Å². The minimum atomic E-state index is 0.653. The van der Waals surface area contributed by atoms with Gasteiger partial charge in [-0.05, 0) is 30.7 Å². The van der Waals surface area contributed by atoms with Gasteiger partial charge >= 0.3 is 0 Å². The average molecular weight is 246 g/mol. The van der Waals surface area contributed by atoms with Gasteiger partial charge in [-0.2, -0.15) is 5.10 Å². The van der Waals surface area contributed by atoms with Crippen molar-refractivity contribution in [1.82, 2.24) is 9.78 Å². The number of nitrogen functional groups attached to an aromatic ring is 1. The highest BCUT2D eigenvalue weighted by atomic mass is 16.5. The number of methoxy groups -OCH3 is 1. The molecule has 0 amide bonds. The summed E-state index contributed by atoms with van der Waals surface area (Å²) < 4.78 is 6.88. The Morgan fingerprint density at radius 2 is 2.17 bits per heavy atom. The Kier molecular flexibility index (Phi) is 3.41. The molecule has 2 aromatic rings. The zero-order valence-electron chi connectivity index (χ0n) is 10.9. The topological polar surface area (TPSA) is 65.1 Å². The van der Waals surface area contributed by atoms with Crippen LogP contribution in [0.4, 0.5) is 11.4 Å². The van der Waals surface area contributed by atoms with E-state index in [9.17, 15) is 0 Å². The Bertz CT molecular complexity index is 548. The summed E-state index contributed by atoms with van der Waals surface area (Å²) in [6.07, 6.45) is 0. The molecule has 1 heterocycles. The van der Waals surface area contributed by atoms with Crippen molar-refractivity contribution < 1.29 is 4.74 Å². The predicted octanol–water partition coefficient (Wildman–Crippen LogP) is 1.93. The molecule has 0 spiro atoms. The first-order valence-corrected chi connectivity index (χ1v) is 5.77. The maximum Gasteiger partial charge on any atom is 0.211 e. The summed E-state index contributed by atoms with van der Waals surface area (Å²) in [5.74, 6) is 0.750. The van der Waals surface area contributed by atoms with Crippen LogP contribution in [0, 0.1) is 6.92 Å². The van der Waals surface area contributed by atoms with Gasteiger partial charge in [0.15, 0.2) is 0 Å². The van der Waals surface area contributed by atoms with Crippen molar-refractivity contribution in [2.24, 2.45) is 7.05 Å². The molecule has 18 heavy (non-hydrogen) atoms. The molecule has 0 unspecified atom stereocenters. The summed E-state index contributed by atoms with van der Waals surface area (Å²) in [6, 6.07) is 7.80. The lowest BCUT2D eigenvalue weighted by Crippen LogP contribution is -2.02. The first-order chi connectivity index (χ1) is 8.60. The van der Waals surface area contributed by atoms with Crippen LogP contribution in [0.15, 0.2) is 24.3 Å². The Hall–Kier alpha value is -2.17. The molecule has 0 saturated carbocycles. The second kappa shape index (κ2) is 5.00. The molecule has 3 N–H and O–H groups in total. The lowest BCUT2D eigenvalue weighted by molar-refractivity contribution is 0.373. The van der Waals surface area contributed by atoms with E-state index >= 15 is 0 Å². The van der Waals surface area contributed by atoms with Crippen LogP contribution >= 0.6 is 0 Å². The number of nitrogens with two attached hydrogens (primary N) is 1. The van der Waals surface area contributed by atoms with Gasteiger partial charge in [0.25, 0.3) is 0 Å². The van der Waals surface area contributed by atoms with Gasteiger partial charge in [0, 0.05) is 24.5 Å². The van der Waals surface area contributed by atoms with E-state index in [-0.39, 0.29) is 0 Å². The van der Waals surface area contributed by atoms with Crippen molar-refractivity contribution in [3.63, 3.8) is 0 Å². The highest BCUT2D eigenvalue weighted by Crippen LogP contribution is 2.18. The van der Waals surface area contributed by atoms with Crippen LogP contribution in [0.2, 0.25) is 0 Å². The van der Waals surface area contributed by atoms with Crippen molar-refractivity contribution in [2.45, 2.75) is 13.5 Å². The molecular formula is C13H18N4O. The fourth-order valence-electron chi connectivity index (χ4n) is 1.76. The number of aromatic nitrogens is 2. The molecule has 2 rings (SSSR count). The molecule has 0 saturated heterocycles. The molecule has 0 atom stereocenters. The van der Waals surface area contributed by atoms with E-state index in [1.54, 1.807) is 11.8 Å². The van der Waals surface area contributed by atoms with Crippen LogP contribution in [0.3, 0.4) is 0 Å². The highest BCUT2D eigenvalue weighted by molar-refractivity contribution is 5.56. The standard InChI is InChI=1S/C13H18N4O/c1-9-6-10(4-5-12(9)14)15-8-11-7-13(18-3)17(2)16-11/h4-7,15H,8,14H2,1-3H3. The largest absolute Gasteiger partial charge is 0.481 e. The lowest BCUT2D eigenvalue weighted by atomic mass is 10.2. The molecule has 5 heteroatoms. The normalized spacial score (nSPS) is 10.4. The molecule has 0 aliphatic heterocycles. The van der Waals surface area contributed by atoms with Crippen molar-refractivity contribution in [2.75, 3.05) is 18.2 Å². The molecule has 0 radical (unpaired) electrons. The zero-order chi connectivity index (χ0) is 13.1. The third-order valence-electron chi connectivity index (χ3n) is 2.84. The monoisotopic (exact) mass is 246 g/mol. The second-order valence-corrected chi connectivity index (χ2v) is 4.23. The molecule has 0 aliphatic rings.